The first-order valence-electron chi connectivity index (χ1n) is 0.865. The van der Waals surface area contributed by atoms with E-state index in [2.05, 4.69) is 4.28 Å². The van der Waals surface area contributed by atoms with E-state index in [1.807, 2.05) is 0 Å². The molecule has 0 aliphatic carbocycles. The zero-order chi connectivity index (χ0) is 4.99. The molecule has 36 valence electrons. The topological polar surface area (TPSA) is 78.8 Å². The van der Waals surface area contributed by atoms with E-state index in [1.54, 1.807) is 5.34 Å². The molecule has 7 heteroatoms. The zero-order valence-corrected chi connectivity index (χ0v) is 6.30. The van der Waals surface area contributed by atoms with Crippen LogP contribution in [0.15, 0.2) is 5.34 Å². The molecule has 0 aliphatic rings. The van der Waals surface area contributed by atoms with Gasteiger partial charge in [0.05, 0.1) is 0 Å². The third kappa shape index (κ3) is 10.7. The van der Waals surface area contributed by atoms with Crippen molar-refractivity contribution in [3.8, 4) is 0 Å². The summed E-state index contributed by atoms with van der Waals surface area (Å²) in [6.45, 7) is 0. The number of hydrogen-bond donors (Lipinski definition) is 0. The van der Waals surface area contributed by atoms with Gasteiger partial charge in [0.1, 0.15) is 0 Å². The van der Waals surface area contributed by atoms with Gasteiger partial charge in [0.15, 0.2) is 16.7 Å². The second kappa shape index (κ2) is 6.51. The summed E-state index contributed by atoms with van der Waals surface area (Å²) in [5.41, 5.74) is 0. The Hall–Kier alpha value is 0.510. The van der Waals surface area contributed by atoms with Crippen LogP contribution in [0.1, 0.15) is 0 Å². The number of nitrogens with zero attached hydrogens (tertiary/aromatic N) is 1. The summed E-state index contributed by atoms with van der Waals surface area (Å²) in [6.07, 6.45) is 0. The minimum atomic E-state index is -2.79. The van der Waals surface area contributed by atoms with Crippen LogP contribution >= 0.6 is 0 Å². The smallest absolute Gasteiger partial charge is 0.738 e. The van der Waals surface area contributed by atoms with Crippen LogP contribution in [0.3, 0.4) is 0 Å². The molecule has 0 aliphatic heterocycles. The predicted molar refractivity (Wildman–Crippen MR) is 15.8 cm³/mol. The fourth-order valence-electron chi connectivity index (χ4n) is 0.0248. The third-order valence-electron chi connectivity index (χ3n) is 0.0913. The first kappa shape index (κ1) is 10.5. The van der Waals surface area contributed by atoms with Gasteiger partial charge < -0.3 is 4.55 Å². The molecular weight excluding hydrogens is 133 g/mol. The Morgan fingerprint density at radius 3 is 2.14 bits per heavy atom. The van der Waals surface area contributed by atoms with Gasteiger partial charge in [0.25, 0.3) is 0 Å². The third-order valence-corrected chi connectivity index (χ3v) is 0.274. The molecule has 5 nitrogen and oxygen atoms in total. The predicted octanol–water partition coefficient (Wildman–Crippen LogP) is -3.52. The fourth-order valence-corrected chi connectivity index (χ4v) is 0.0745. The van der Waals surface area contributed by atoms with Crippen LogP contribution in [0.5, 0.6) is 0 Å². The van der Waals surface area contributed by atoms with Crippen LogP contribution in [0.25, 0.3) is 0 Å². The van der Waals surface area contributed by atoms with E-state index in [9.17, 15) is 0 Å². The monoisotopic (exact) mass is 133 g/mol. The van der Waals surface area contributed by atoms with E-state index in [0.29, 0.717) is 0 Å². The minimum absolute atomic E-state index is 0. The Morgan fingerprint density at radius 2 is 2.14 bits per heavy atom. The largest absolute Gasteiger partial charge is 1.00 e. The van der Waals surface area contributed by atoms with Crippen molar-refractivity contribution in [2.75, 3.05) is 0 Å². The molecule has 0 heterocycles. The van der Waals surface area contributed by atoms with E-state index >= 15 is 0 Å². The van der Waals surface area contributed by atoms with Crippen molar-refractivity contribution in [2.24, 2.45) is 5.34 Å². The van der Waals surface area contributed by atoms with Crippen molar-refractivity contribution in [3.63, 3.8) is 0 Å². The summed E-state index contributed by atoms with van der Waals surface area (Å²) in [7, 11) is 0. The van der Waals surface area contributed by atoms with Crippen molar-refractivity contribution in [1.29, 1.82) is 0 Å². The summed E-state index contributed by atoms with van der Waals surface area (Å²) in [5.74, 6) is 0. The van der Waals surface area contributed by atoms with Gasteiger partial charge in [-0.3, -0.25) is 4.28 Å². The maximum atomic E-state index is 9.08. The van der Waals surface area contributed by atoms with E-state index in [1.165, 1.54) is 0 Å². The summed E-state index contributed by atoms with van der Waals surface area (Å²) in [5, 5.41) is 1.57. The maximum absolute atomic E-state index is 9.08. The Balaban J connectivity index is 0. The van der Waals surface area contributed by atoms with Crippen molar-refractivity contribution >= 4 is 11.4 Å². The number of rotatable bonds is 2. The van der Waals surface area contributed by atoms with Crippen molar-refractivity contribution in [1.82, 2.24) is 0 Å². The molecule has 0 radical (unpaired) electrons. The van der Waals surface area contributed by atoms with Crippen molar-refractivity contribution in [3.05, 3.63) is 4.91 Å². The van der Waals surface area contributed by atoms with Gasteiger partial charge in [0, 0.05) is 0 Å². The molecule has 0 amide bonds. The molecule has 7 heavy (non-hydrogen) atoms. The Morgan fingerprint density at radius 1 is 1.71 bits per heavy atom. The quantitative estimate of drug-likeness (QED) is 0.169. The van der Waals surface area contributed by atoms with Gasteiger partial charge >= 0.3 is 29.6 Å². The molecule has 1 atom stereocenters. The Bertz CT molecular complexity index is 72.1. The summed E-state index contributed by atoms with van der Waals surface area (Å²) >= 11 is -2.79. The van der Waals surface area contributed by atoms with Gasteiger partial charge in [-0.2, -0.15) is 0 Å². The molecule has 0 aromatic heterocycles. The van der Waals surface area contributed by atoms with Crippen molar-refractivity contribution < 1.29 is 42.6 Å². The minimum Gasteiger partial charge on any atom is -0.738 e. The van der Waals surface area contributed by atoms with Gasteiger partial charge in [-0.15, -0.1) is 4.91 Å². The SMILES string of the molecule is O=NOS(=O)[O-].[Na+]. The Kier molecular flexibility index (Phi) is 9.75. The van der Waals surface area contributed by atoms with Crippen LogP contribution < -0.4 is 29.6 Å². The normalized spacial score (nSPS) is 11.0. The molecule has 0 aromatic carbocycles. The second-order valence-electron chi connectivity index (χ2n) is 0.353. The molecule has 0 fully saturated rings. The Labute approximate surface area is 64.1 Å². The molecule has 0 aromatic rings. The first-order valence-corrected chi connectivity index (χ1v) is 1.87. The zero-order valence-electron chi connectivity index (χ0n) is 3.49. The van der Waals surface area contributed by atoms with Crippen molar-refractivity contribution in [2.45, 2.75) is 0 Å². The van der Waals surface area contributed by atoms with Crippen LogP contribution in [-0.2, 0) is 15.6 Å². The van der Waals surface area contributed by atoms with Gasteiger partial charge in [-0.1, -0.05) is 0 Å². The van der Waals surface area contributed by atoms with Crippen LogP contribution in [-0.4, -0.2) is 8.76 Å². The van der Waals surface area contributed by atoms with E-state index < -0.39 is 11.4 Å². The molecule has 0 spiro atoms. The molecule has 0 bridgehead atoms. The van der Waals surface area contributed by atoms with Crippen LogP contribution in [0.2, 0.25) is 0 Å². The van der Waals surface area contributed by atoms with E-state index in [-0.39, 0.29) is 29.6 Å². The number of hydrogen-bond acceptors (Lipinski definition) is 5. The second-order valence-corrected chi connectivity index (χ2v) is 0.911. The summed E-state index contributed by atoms with van der Waals surface area (Å²) in [6, 6.07) is 0. The standard InChI is InChI=1S/HNO4S.Na/c2-1-5-6(3)4;/h(H,3,4);/q;+1/p-1. The maximum Gasteiger partial charge on any atom is 1.00 e. The van der Waals surface area contributed by atoms with Gasteiger partial charge in [0.2, 0.25) is 0 Å². The molecule has 0 rings (SSSR count). The van der Waals surface area contributed by atoms with Crippen LogP contribution in [0, 0.1) is 4.91 Å². The first-order chi connectivity index (χ1) is 2.77. The summed E-state index contributed by atoms with van der Waals surface area (Å²) in [4.78, 5) is 8.75. The van der Waals surface area contributed by atoms with Crippen LogP contribution in [0.4, 0.5) is 0 Å². The molecule has 0 saturated carbocycles. The van der Waals surface area contributed by atoms with E-state index in [0.717, 1.165) is 0 Å². The molecule has 0 N–H and O–H groups in total. The summed E-state index contributed by atoms with van der Waals surface area (Å²) < 4.78 is 21.2. The molecule has 1 unspecified atom stereocenters. The molecule has 0 saturated heterocycles. The average molecular weight is 133 g/mol. The fraction of sp³-hybridized carbons (Fsp3) is 0. The average Bonchev–Trinajstić information content (AvgIpc) is 1.35. The molecular formula is NNaO4S. The van der Waals surface area contributed by atoms with Gasteiger partial charge in [-0.25, -0.2) is 4.21 Å². The van der Waals surface area contributed by atoms with E-state index in [4.69, 9.17) is 13.7 Å². The van der Waals surface area contributed by atoms with Gasteiger partial charge in [-0.05, 0) is 0 Å².